The molecule has 2 nitrogen and oxygen atoms in total. The molecule has 1 aromatic heterocycles. The molecule has 0 radical (unpaired) electrons. The van der Waals surface area contributed by atoms with Gasteiger partial charge >= 0.3 is 0 Å². The van der Waals surface area contributed by atoms with Gasteiger partial charge in [0.2, 0.25) is 0 Å². The van der Waals surface area contributed by atoms with Crippen LogP contribution in [0.5, 0.6) is 0 Å². The lowest BCUT2D eigenvalue weighted by molar-refractivity contribution is 0.504. The van der Waals surface area contributed by atoms with Crippen LogP contribution >= 0.6 is 0 Å². The van der Waals surface area contributed by atoms with Crippen molar-refractivity contribution in [1.82, 2.24) is 4.98 Å². The molecule has 1 heterocycles. The van der Waals surface area contributed by atoms with Gasteiger partial charge in [0.15, 0.2) is 0 Å². The fraction of sp³-hybridized carbons (Fsp3) is 0.455. The minimum atomic E-state index is 0.111. The third-order valence-electron chi connectivity index (χ3n) is 2.53. The molecular weight excluding hydrogens is 160 g/mol. The molecular formula is C11H14N2. The number of hydrogen-bond acceptors (Lipinski definition) is 2. The normalized spacial score (nSPS) is 10.9. The van der Waals surface area contributed by atoms with Crippen molar-refractivity contribution < 1.29 is 0 Å². The molecule has 0 saturated heterocycles. The summed E-state index contributed by atoms with van der Waals surface area (Å²) in [7, 11) is 0. The highest BCUT2D eigenvalue weighted by Crippen LogP contribution is 2.26. The molecule has 0 aliphatic rings. The monoisotopic (exact) mass is 174 g/mol. The molecule has 1 rings (SSSR count). The zero-order valence-electron chi connectivity index (χ0n) is 8.33. The summed E-state index contributed by atoms with van der Waals surface area (Å²) in [6, 6.07) is 4.01. The Morgan fingerprint density at radius 2 is 2.15 bits per heavy atom. The molecule has 68 valence electrons. The van der Waals surface area contributed by atoms with E-state index in [1.807, 2.05) is 12.3 Å². The minimum Gasteiger partial charge on any atom is -0.263 e. The van der Waals surface area contributed by atoms with Crippen molar-refractivity contribution in [3.8, 4) is 6.07 Å². The summed E-state index contributed by atoms with van der Waals surface area (Å²) in [6.07, 6.45) is 4.48. The molecule has 0 saturated carbocycles. The first-order valence-corrected chi connectivity index (χ1v) is 4.46. The second-order valence-corrected chi connectivity index (χ2v) is 3.81. The standard InChI is InChI=1S/C11H14N2/c1-4-11(2,3)10-5-9(6-12)7-13-8-10/h5,7-8H,4H2,1-3H3. The molecule has 0 N–H and O–H groups in total. The van der Waals surface area contributed by atoms with Crippen molar-refractivity contribution in [3.05, 3.63) is 29.6 Å². The Labute approximate surface area is 79.2 Å². The van der Waals surface area contributed by atoms with Crippen molar-refractivity contribution in [1.29, 1.82) is 5.26 Å². The van der Waals surface area contributed by atoms with Crippen molar-refractivity contribution in [3.63, 3.8) is 0 Å². The van der Waals surface area contributed by atoms with Crippen LogP contribution in [0.25, 0.3) is 0 Å². The zero-order valence-corrected chi connectivity index (χ0v) is 8.33. The van der Waals surface area contributed by atoms with Gasteiger partial charge in [0.25, 0.3) is 0 Å². The number of aromatic nitrogens is 1. The molecule has 0 unspecified atom stereocenters. The Bertz CT molecular complexity index is 334. The van der Waals surface area contributed by atoms with Crippen LogP contribution in [0.3, 0.4) is 0 Å². The Balaban J connectivity index is 3.10. The summed E-state index contributed by atoms with van der Waals surface area (Å²) >= 11 is 0. The van der Waals surface area contributed by atoms with Gasteiger partial charge < -0.3 is 0 Å². The van der Waals surface area contributed by atoms with Gasteiger partial charge in [-0.1, -0.05) is 20.8 Å². The average Bonchev–Trinajstić information content (AvgIpc) is 2.18. The van der Waals surface area contributed by atoms with Crippen LogP contribution in [-0.4, -0.2) is 4.98 Å². The predicted octanol–water partition coefficient (Wildman–Crippen LogP) is 2.64. The van der Waals surface area contributed by atoms with Crippen molar-refractivity contribution in [2.45, 2.75) is 32.6 Å². The highest BCUT2D eigenvalue weighted by atomic mass is 14.6. The van der Waals surface area contributed by atoms with E-state index < -0.39 is 0 Å². The van der Waals surface area contributed by atoms with Crippen LogP contribution in [0.2, 0.25) is 0 Å². The van der Waals surface area contributed by atoms with Crippen LogP contribution in [-0.2, 0) is 5.41 Å². The molecule has 1 aromatic rings. The van der Waals surface area contributed by atoms with E-state index in [0.717, 1.165) is 12.0 Å². The SMILES string of the molecule is CCC(C)(C)c1cncc(C#N)c1. The van der Waals surface area contributed by atoms with Gasteiger partial charge in [-0.25, -0.2) is 0 Å². The van der Waals surface area contributed by atoms with E-state index in [1.54, 1.807) is 6.20 Å². The van der Waals surface area contributed by atoms with Crippen LogP contribution < -0.4 is 0 Å². The van der Waals surface area contributed by atoms with Gasteiger partial charge in [-0.15, -0.1) is 0 Å². The number of pyridine rings is 1. The maximum absolute atomic E-state index is 8.71. The molecule has 2 heteroatoms. The lowest BCUT2D eigenvalue weighted by atomic mass is 9.83. The molecule has 0 bridgehead atoms. The van der Waals surface area contributed by atoms with E-state index in [1.165, 1.54) is 0 Å². The number of hydrogen-bond donors (Lipinski definition) is 0. The Morgan fingerprint density at radius 3 is 2.69 bits per heavy atom. The minimum absolute atomic E-state index is 0.111. The molecule has 0 fully saturated rings. The Kier molecular flexibility index (Phi) is 2.67. The summed E-state index contributed by atoms with van der Waals surface area (Å²) in [5.41, 5.74) is 1.88. The zero-order chi connectivity index (χ0) is 9.90. The van der Waals surface area contributed by atoms with Crippen molar-refractivity contribution in [2.24, 2.45) is 0 Å². The Hall–Kier alpha value is -1.36. The number of rotatable bonds is 2. The smallest absolute Gasteiger partial charge is 0.101 e. The largest absolute Gasteiger partial charge is 0.263 e. The second kappa shape index (κ2) is 3.57. The summed E-state index contributed by atoms with van der Waals surface area (Å²) in [6.45, 7) is 6.45. The molecule has 0 atom stereocenters. The number of nitrogens with zero attached hydrogens (tertiary/aromatic N) is 2. The van der Waals surface area contributed by atoms with Gasteiger partial charge in [-0.3, -0.25) is 4.98 Å². The van der Waals surface area contributed by atoms with E-state index >= 15 is 0 Å². The van der Waals surface area contributed by atoms with Gasteiger partial charge in [-0.2, -0.15) is 5.26 Å². The number of nitriles is 1. The van der Waals surface area contributed by atoms with E-state index in [2.05, 4.69) is 31.8 Å². The quantitative estimate of drug-likeness (QED) is 0.691. The fourth-order valence-corrected chi connectivity index (χ4v) is 1.08. The van der Waals surface area contributed by atoms with Crippen LogP contribution in [0, 0.1) is 11.3 Å². The van der Waals surface area contributed by atoms with Crippen LogP contribution in [0.4, 0.5) is 0 Å². The topological polar surface area (TPSA) is 36.7 Å². The van der Waals surface area contributed by atoms with Gasteiger partial charge in [0.05, 0.1) is 5.56 Å². The molecule has 0 aliphatic heterocycles. The lowest BCUT2D eigenvalue weighted by Crippen LogP contribution is -2.15. The summed E-state index contributed by atoms with van der Waals surface area (Å²) in [5, 5.41) is 8.71. The molecule has 0 amide bonds. The van der Waals surface area contributed by atoms with Crippen LogP contribution in [0.1, 0.15) is 38.3 Å². The van der Waals surface area contributed by atoms with E-state index in [9.17, 15) is 0 Å². The Morgan fingerprint density at radius 1 is 1.46 bits per heavy atom. The predicted molar refractivity (Wildman–Crippen MR) is 52.3 cm³/mol. The highest BCUT2D eigenvalue weighted by molar-refractivity contribution is 5.32. The van der Waals surface area contributed by atoms with Gasteiger partial charge in [0.1, 0.15) is 6.07 Å². The molecule has 0 aromatic carbocycles. The summed E-state index contributed by atoms with van der Waals surface area (Å²) < 4.78 is 0. The summed E-state index contributed by atoms with van der Waals surface area (Å²) in [5.74, 6) is 0. The fourth-order valence-electron chi connectivity index (χ4n) is 1.08. The highest BCUT2D eigenvalue weighted by Gasteiger charge is 2.18. The van der Waals surface area contributed by atoms with Gasteiger partial charge in [0, 0.05) is 12.4 Å². The second-order valence-electron chi connectivity index (χ2n) is 3.81. The third kappa shape index (κ3) is 2.06. The van der Waals surface area contributed by atoms with Gasteiger partial charge in [-0.05, 0) is 23.5 Å². The van der Waals surface area contributed by atoms with Crippen molar-refractivity contribution >= 4 is 0 Å². The third-order valence-corrected chi connectivity index (χ3v) is 2.53. The first-order chi connectivity index (χ1) is 6.10. The van der Waals surface area contributed by atoms with Crippen molar-refractivity contribution in [2.75, 3.05) is 0 Å². The maximum atomic E-state index is 8.71. The summed E-state index contributed by atoms with van der Waals surface area (Å²) in [4.78, 5) is 4.05. The van der Waals surface area contributed by atoms with E-state index in [-0.39, 0.29) is 5.41 Å². The molecule has 13 heavy (non-hydrogen) atoms. The molecule has 0 aliphatic carbocycles. The first-order valence-electron chi connectivity index (χ1n) is 4.46. The van der Waals surface area contributed by atoms with E-state index in [4.69, 9.17) is 5.26 Å². The van der Waals surface area contributed by atoms with E-state index in [0.29, 0.717) is 5.56 Å². The van der Waals surface area contributed by atoms with Crippen LogP contribution in [0.15, 0.2) is 18.5 Å². The first kappa shape index (κ1) is 9.73. The average molecular weight is 174 g/mol. The lowest BCUT2D eigenvalue weighted by Gasteiger charge is -2.22. The molecule has 0 spiro atoms. The maximum Gasteiger partial charge on any atom is 0.101 e.